The summed E-state index contributed by atoms with van der Waals surface area (Å²) in [5, 5.41) is 4.28. The SMILES string of the molecule is NC1CCCc2cc(OCCc3ccsc3)ccc21. The Bertz CT molecular complexity index is 536. The third-order valence-electron chi connectivity index (χ3n) is 3.71. The van der Waals surface area contributed by atoms with Gasteiger partial charge in [0, 0.05) is 12.5 Å². The third-order valence-corrected chi connectivity index (χ3v) is 4.45. The largest absolute Gasteiger partial charge is 0.493 e. The lowest BCUT2D eigenvalue weighted by Gasteiger charge is -2.22. The molecule has 0 fully saturated rings. The first kappa shape index (κ1) is 12.7. The van der Waals surface area contributed by atoms with Crippen LogP contribution in [0.3, 0.4) is 0 Å². The summed E-state index contributed by atoms with van der Waals surface area (Å²) >= 11 is 1.74. The van der Waals surface area contributed by atoms with E-state index in [1.54, 1.807) is 11.3 Å². The van der Waals surface area contributed by atoms with Crippen molar-refractivity contribution in [1.82, 2.24) is 0 Å². The molecule has 0 saturated carbocycles. The molecule has 1 unspecified atom stereocenters. The smallest absolute Gasteiger partial charge is 0.119 e. The molecule has 1 aliphatic carbocycles. The van der Waals surface area contributed by atoms with E-state index >= 15 is 0 Å². The molecule has 0 bridgehead atoms. The summed E-state index contributed by atoms with van der Waals surface area (Å²) in [6.45, 7) is 0.738. The Morgan fingerprint density at radius 1 is 1.32 bits per heavy atom. The molecule has 0 aliphatic heterocycles. The molecule has 0 saturated heterocycles. The molecule has 2 nitrogen and oxygen atoms in total. The van der Waals surface area contributed by atoms with Gasteiger partial charge in [-0.25, -0.2) is 0 Å². The van der Waals surface area contributed by atoms with E-state index in [0.29, 0.717) is 0 Å². The molecule has 1 aromatic carbocycles. The van der Waals surface area contributed by atoms with Crippen molar-refractivity contribution < 1.29 is 4.74 Å². The van der Waals surface area contributed by atoms with Gasteiger partial charge in [0.2, 0.25) is 0 Å². The van der Waals surface area contributed by atoms with Gasteiger partial charge < -0.3 is 10.5 Å². The van der Waals surface area contributed by atoms with Crippen LogP contribution < -0.4 is 10.5 Å². The molecule has 0 radical (unpaired) electrons. The second kappa shape index (κ2) is 5.76. The summed E-state index contributed by atoms with van der Waals surface area (Å²) in [5.41, 5.74) is 10.1. The van der Waals surface area contributed by atoms with Gasteiger partial charge in [0.05, 0.1) is 6.61 Å². The normalized spacial score (nSPS) is 18.1. The lowest BCUT2D eigenvalue weighted by Crippen LogP contribution is -2.17. The van der Waals surface area contributed by atoms with Crippen LogP contribution in [0.5, 0.6) is 5.75 Å². The zero-order chi connectivity index (χ0) is 13.1. The van der Waals surface area contributed by atoms with Crippen LogP contribution in [-0.4, -0.2) is 6.61 Å². The minimum Gasteiger partial charge on any atom is -0.493 e. The van der Waals surface area contributed by atoms with E-state index < -0.39 is 0 Å². The van der Waals surface area contributed by atoms with Crippen LogP contribution in [-0.2, 0) is 12.8 Å². The van der Waals surface area contributed by atoms with E-state index in [1.807, 2.05) is 0 Å². The summed E-state index contributed by atoms with van der Waals surface area (Å²) in [6, 6.07) is 8.72. The average Bonchev–Trinajstić information content (AvgIpc) is 2.92. The van der Waals surface area contributed by atoms with Gasteiger partial charge in [-0.15, -0.1) is 0 Å². The predicted octanol–water partition coefficient (Wildman–Crippen LogP) is 3.71. The molecule has 3 heteroatoms. The summed E-state index contributed by atoms with van der Waals surface area (Å²) in [6.07, 6.45) is 4.39. The monoisotopic (exact) mass is 273 g/mol. The Hall–Kier alpha value is -1.32. The van der Waals surface area contributed by atoms with Crippen molar-refractivity contribution in [1.29, 1.82) is 0 Å². The topological polar surface area (TPSA) is 35.2 Å². The molecule has 0 amide bonds. The zero-order valence-corrected chi connectivity index (χ0v) is 11.8. The molecule has 1 heterocycles. The number of ether oxygens (including phenoxy) is 1. The van der Waals surface area contributed by atoms with Crippen LogP contribution in [0.2, 0.25) is 0 Å². The minimum atomic E-state index is 0.212. The van der Waals surface area contributed by atoms with E-state index in [2.05, 4.69) is 35.0 Å². The molecule has 3 rings (SSSR count). The van der Waals surface area contributed by atoms with Crippen LogP contribution in [0.4, 0.5) is 0 Å². The summed E-state index contributed by atoms with van der Waals surface area (Å²) < 4.78 is 5.84. The number of fused-ring (bicyclic) bond motifs is 1. The van der Waals surface area contributed by atoms with E-state index in [0.717, 1.165) is 31.6 Å². The van der Waals surface area contributed by atoms with Crippen molar-refractivity contribution in [2.45, 2.75) is 31.7 Å². The van der Waals surface area contributed by atoms with Crippen LogP contribution >= 0.6 is 11.3 Å². The quantitative estimate of drug-likeness (QED) is 0.921. The lowest BCUT2D eigenvalue weighted by molar-refractivity contribution is 0.321. The van der Waals surface area contributed by atoms with E-state index in [1.165, 1.54) is 23.1 Å². The second-order valence-electron chi connectivity index (χ2n) is 5.09. The summed E-state index contributed by atoms with van der Waals surface area (Å²) in [4.78, 5) is 0. The van der Waals surface area contributed by atoms with Crippen molar-refractivity contribution in [3.63, 3.8) is 0 Å². The van der Waals surface area contributed by atoms with E-state index in [-0.39, 0.29) is 6.04 Å². The molecule has 1 aromatic heterocycles. The summed E-state index contributed by atoms with van der Waals surface area (Å²) in [7, 11) is 0. The number of nitrogens with two attached hydrogens (primary N) is 1. The number of thiophene rings is 1. The average molecular weight is 273 g/mol. The summed E-state index contributed by atoms with van der Waals surface area (Å²) in [5.74, 6) is 0.975. The Balaban J connectivity index is 1.62. The van der Waals surface area contributed by atoms with E-state index in [9.17, 15) is 0 Å². The third kappa shape index (κ3) is 2.99. The molecule has 2 aromatic rings. The van der Waals surface area contributed by atoms with Crippen LogP contribution in [0, 0.1) is 0 Å². The predicted molar refractivity (Wildman–Crippen MR) is 79.8 cm³/mol. The lowest BCUT2D eigenvalue weighted by atomic mass is 9.88. The van der Waals surface area contributed by atoms with Gasteiger partial charge in [-0.3, -0.25) is 0 Å². The fraction of sp³-hybridized carbons (Fsp3) is 0.375. The van der Waals surface area contributed by atoms with Crippen molar-refractivity contribution in [3.8, 4) is 5.75 Å². The number of hydrogen-bond donors (Lipinski definition) is 1. The molecule has 100 valence electrons. The van der Waals surface area contributed by atoms with Gasteiger partial charge >= 0.3 is 0 Å². The molecule has 2 N–H and O–H groups in total. The molecule has 0 spiro atoms. The zero-order valence-electron chi connectivity index (χ0n) is 11.0. The van der Waals surface area contributed by atoms with Gasteiger partial charge in [0.15, 0.2) is 0 Å². The molecule has 1 aliphatic rings. The highest BCUT2D eigenvalue weighted by atomic mass is 32.1. The standard InChI is InChI=1S/C16H19NOS/c17-16-3-1-2-13-10-14(4-5-15(13)16)18-8-6-12-7-9-19-11-12/h4-5,7,9-11,16H,1-3,6,8,17H2. The van der Waals surface area contributed by atoms with Gasteiger partial charge in [-0.05, 0) is 64.9 Å². The molecular formula is C16H19NOS. The first-order valence-corrected chi connectivity index (χ1v) is 7.79. The first-order valence-electron chi connectivity index (χ1n) is 6.85. The van der Waals surface area contributed by atoms with Crippen LogP contribution in [0.1, 0.15) is 35.6 Å². The Labute approximate surface area is 118 Å². The maximum atomic E-state index is 6.12. The van der Waals surface area contributed by atoms with Crippen LogP contribution in [0.15, 0.2) is 35.0 Å². The van der Waals surface area contributed by atoms with Gasteiger partial charge in [-0.2, -0.15) is 11.3 Å². The number of hydrogen-bond acceptors (Lipinski definition) is 3. The Kier molecular flexibility index (Phi) is 3.85. The first-order chi connectivity index (χ1) is 9.33. The maximum absolute atomic E-state index is 6.12. The van der Waals surface area contributed by atoms with Gasteiger partial charge in [0.1, 0.15) is 5.75 Å². The van der Waals surface area contributed by atoms with Crippen molar-refractivity contribution in [2.24, 2.45) is 5.73 Å². The minimum absolute atomic E-state index is 0.212. The molecule has 1 atom stereocenters. The Morgan fingerprint density at radius 2 is 2.26 bits per heavy atom. The van der Waals surface area contributed by atoms with Crippen LogP contribution in [0.25, 0.3) is 0 Å². The van der Waals surface area contributed by atoms with Gasteiger partial charge in [-0.1, -0.05) is 6.07 Å². The Morgan fingerprint density at radius 3 is 3.11 bits per heavy atom. The highest BCUT2D eigenvalue weighted by Crippen LogP contribution is 2.30. The van der Waals surface area contributed by atoms with Crippen molar-refractivity contribution >= 4 is 11.3 Å². The van der Waals surface area contributed by atoms with Crippen molar-refractivity contribution in [2.75, 3.05) is 6.61 Å². The highest BCUT2D eigenvalue weighted by molar-refractivity contribution is 7.07. The fourth-order valence-corrected chi connectivity index (χ4v) is 3.34. The molecule has 19 heavy (non-hydrogen) atoms. The fourth-order valence-electron chi connectivity index (χ4n) is 2.64. The number of aryl methyl sites for hydroxylation is 1. The maximum Gasteiger partial charge on any atom is 0.119 e. The second-order valence-corrected chi connectivity index (χ2v) is 5.87. The highest BCUT2D eigenvalue weighted by Gasteiger charge is 2.16. The van der Waals surface area contributed by atoms with Gasteiger partial charge in [0.25, 0.3) is 0 Å². The number of benzene rings is 1. The van der Waals surface area contributed by atoms with E-state index in [4.69, 9.17) is 10.5 Å². The number of rotatable bonds is 4. The molecular weight excluding hydrogens is 254 g/mol. The van der Waals surface area contributed by atoms with Crippen molar-refractivity contribution in [3.05, 3.63) is 51.7 Å².